The summed E-state index contributed by atoms with van der Waals surface area (Å²) in [6.45, 7) is 33.5. The Balaban J connectivity index is 0.000000161. The van der Waals surface area contributed by atoms with Gasteiger partial charge in [0.25, 0.3) is 0 Å². The molecular formula is C84H87IrN6. The summed E-state index contributed by atoms with van der Waals surface area (Å²) >= 11 is 0. The standard InChI is InChI=1S/3C28H29N2.Ir/c1-20(2)24-15-10-16-25(21-11-7-6-8-12-21)26(24)30-18-17-29-27(30)22-13-9-14-23(19-22)28(3,4)5;2*1-20(2)24-12-9-13-25(21-10-7-6-8-11-21)26(24)30-19-18-29-27(30)22-14-16-23(17-15-22)28(3,4)5;/h6-12,14-20H,1-5H3;2*6-14,16-20H,1-5H3;/q3*-1;+3. The van der Waals surface area contributed by atoms with E-state index < -0.39 is 0 Å². The van der Waals surface area contributed by atoms with Gasteiger partial charge in [0.2, 0.25) is 0 Å². The first-order valence-corrected chi connectivity index (χ1v) is 31.8. The van der Waals surface area contributed by atoms with Gasteiger partial charge in [-0.25, -0.2) is 0 Å². The molecule has 0 amide bonds. The van der Waals surface area contributed by atoms with Crippen LogP contribution in [0.15, 0.2) is 237 Å². The maximum atomic E-state index is 4.75. The summed E-state index contributed by atoms with van der Waals surface area (Å²) < 4.78 is 6.68. The van der Waals surface area contributed by atoms with Crippen LogP contribution < -0.4 is 0 Å². The van der Waals surface area contributed by atoms with Gasteiger partial charge in [0.15, 0.2) is 0 Å². The van der Waals surface area contributed by atoms with Crippen molar-refractivity contribution in [3.63, 3.8) is 0 Å². The summed E-state index contributed by atoms with van der Waals surface area (Å²) in [4.78, 5) is 14.2. The summed E-state index contributed by atoms with van der Waals surface area (Å²) in [5, 5.41) is 0. The van der Waals surface area contributed by atoms with Crippen LogP contribution in [-0.4, -0.2) is 28.7 Å². The predicted molar refractivity (Wildman–Crippen MR) is 378 cm³/mol. The summed E-state index contributed by atoms with van der Waals surface area (Å²) in [5.74, 6) is 3.94. The van der Waals surface area contributed by atoms with Crippen LogP contribution in [0.2, 0.25) is 0 Å². The minimum atomic E-state index is 0. The zero-order chi connectivity index (χ0) is 63.9. The summed E-state index contributed by atoms with van der Waals surface area (Å²) in [5.41, 5.74) is 21.9. The molecule has 0 atom stereocenters. The van der Waals surface area contributed by atoms with E-state index in [1.807, 2.05) is 24.7 Å². The van der Waals surface area contributed by atoms with E-state index in [4.69, 9.17) is 15.0 Å². The number of hydrogen-bond acceptors (Lipinski definition) is 3. The van der Waals surface area contributed by atoms with Gasteiger partial charge in [0, 0.05) is 70.9 Å². The fourth-order valence-electron chi connectivity index (χ4n) is 11.6. The van der Waals surface area contributed by atoms with Gasteiger partial charge in [-0.3, -0.25) is 15.0 Å². The number of hydrogen-bond donors (Lipinski definition) is 0. The first kappa shape index (κ1) is 66.7. The van der Waals surface area contributed by atoms with Crippen molar-refractivity contribution < 1.29 is 20.1 Å². The molecule has 3 heterocycles. The number of aromatic nitrogens is 6. The Morgan fingerprint density at radius 1 is 0.330 bits per heavy atom. The van der Waals surface area contributed by atoms with Gasteiger partial charge in [-0.1, -0.05) is 249 Å². The smallest absolute Gasteiger partial charge is 0.339 e. The van der Waals surface area contributed by atoms with Gasteiger partial charge in [0.1, 0.15) is 0 Å². The van der Waals surface area contributed by atoms with Crippen molar-refractivity contribution in [3.05, 3.63) is 289 Å². The van der Waals surface area contributed by atoms with Gasteiger partial charge in [0.05, 0.1) is 17.5 Å². The van der Waals surface area contributed by atoms with E-state index in [1.165, 1.54) is 83.8 Å². The number of benzene rings is 9. The SMILES string of the molecule is CC(C)c1cccc(-c2ccccc2)c1-n1ccnc1-c1[c-]cc(C(C)(C)C)cc1.CC(C)c1cccc(-c2ccccc2)c1-n1ccnc1-c1[c-]cc(C(C)(C)C)cc1.CC(C)c1cccc(-c2ccccc2)c1-n1ccnc1-c1[c-]ccc(C(C)(C)C)c1.[Ir+3]. The van der Waals surface area contributed by atoms with Crippen molar-refractivity contribution in [1.82, 2.24) is 28.7 Å². The quantitative estimate of drug-likeness (QED) is 0.115. The second-order valence-corrected chi connectivity index (χ2v) is 27.4. The molecule has 3 aromatic heterocycles. The molecule has 0 aliphatic carbocycles. The van der Waals surface area contributed by atoms with E-state index in [-0.39, 0.29) is 36.4 Å². The first-order valence-electron chi connectivity index (χ1n) is 31.8. The number of rotatable bonds is 12. The van der Waals surface area contributed by atoms with Crippen LogP contribution in [-0.2, 0) is 36.4 Å². The molecule has 0 saturated heterocycles. The topological polar surface area (TPSA) is 53.5 Å². The van der Waals surface area contributed by atoms with Crippen molar-refractivity contribution in [2.45, 2.75) is 138 Å². The van der Waals surface area contributed by atoms with E-state index in [1.54, 1.807) is 0 Å². The number of para-hydroxylation sites is 3. The molecule has 0 aliphatic rings. The number of imidazole rings is 3. The predicted octanol–water partition coefficient (Wildman–Crippen LogP) is 22.3. The van der Waals surface area contributed by atoms with Crippen LogP contribution >= 0.6 is 0 Å². The molecule has 0 aliphatic heterocycles. The Labute approximate surface area is 556 Å². The van der Waals surface area contributed by atoms with Gasteiger partial charge < -0.3 is 13.7 Å². The Kier molecular flexibility index (Phi) is 21.0. The normalized spacial score (nSPS) is 11.7. The molecule has 0 unspecified atom stereocenters. The first-order chi connectivity index (χ1) is 43.1. The molecule has 9 aromatic carbocycles. The molecule has 91 heavy (non-hydrogen) atoms. The van der Waals surface area contributed by atoms with Gasteiger partial charge in [-0.2, -0.15) is 0 Å². The van der Waals surface area contributed by atoms with Crippen molar-refractivity contribution in [1.29, 1.82) is 0 Å². The van der Waals surface area contributed by atoms with E-state index in [2.05, 4.69) is 348 Å². The third-order valence-corrected chi connectivity index (χ3v) is 16.7. The van der Waals surface area contributed by atoms with Gasteiger partial charge in [-0.15, -0.1) is 106 Å². The maximum absolute atomic E-state index is 4.75. The average Bonchev–Trinajstić information content (AvgIpc) is 1.83. The van der Waals surface area contributed by atoms with E-state index in [9.17, 15) is 0 Å². The molecule has 462 valence electrons. The third-order valence-electron chi connectivity index (χ3n) is 16.7. The van der Waals surface area contributed by atoms with Crippen LogP contribution in [0.3, 0.4) is 0 Å². The van der Waals surface area contributed by atoms with E-state index in [0.717, 1.165) is 34.2 Å². The van der Waals surface area contributed by atoms with Crippen molar-refractivity contribution in [2.75, 3.05) is 0 Å². The van der Waals surface area contributed by atoms with E-state index >= 15 is 0 Å². The molecular weight excluding hydrogens is 1290 g/mol. The van der Waals surface area contributed by atoms with Crippen LogP contribution in [0, 0.1) is 18.2 Å². The van der Waals surface area contributed by atoms with Gasteiger partial charge in [-0.05, 0) is 67.4 Å². The fourth-order valence-corrected chi connectivity index (χ4v) is 11.6. The number of nitrogens with zero attached hydrogens (tertiary/aromatic N) is 6. The van der Waals surface area contributed by atoms with Crippen LogP contribution in [0.4, 0.5) is 0 Å². The zero-order valence-electron chi connectivity index (χ0n) is 55.8. The molecule has 0 radical (unpaired) electrons. The molecule has 0 saturated carbocycles. The van der Waals surface area contributed by atoms with Crippen LogP contribution in [0.1, 0.15) is 155 Å². The Bertz CT molecular complexity index is 4110. The molecule has 0 spiro atoms. The second kappa shape index (κ2) is 28.6. The molecule has 7 heteroatoms. The Morgan fingerprint density at radius 2 is 0.648 bits per heavy atom. The molecule has 6 nitrogen and oxygen atoms in total. The summed E-state index contributed by atoms with van der Waals surface area (Å²) in [6, 6.07) is 81.1. The largest absolute Gasteiger partial charge is 3.00 e. The molecule has 0 bridgehead atoms. The van der Waals surface area contributed by atoms with Gasteiger partial charge >= 0.3 is 20.1 Å². The monoisotopic (exact) mass is 1370 g/mol. The van der Waals surface area contributed by atoms with Crippen molar-refractivity contribution >= 4 is 0 Å². The van der Waals surface area contributed by atoms with E-state index in [0.29, 0.717) is 17.8 Å². The molecule has 0 fully saturated rings. The Morgan fingerprint density at radius 3 is 0.934 bits per heavy atom. The van der Waals surface area contributed by atoms with Crippen LogP contribution in [0.5, 0.6) is 0 Å². The molecule has 12 aromatic rings. The third kappa shape index (κ3) is 15.2. The average molecular weight is 1370 g/mol. The van der Waals surface area contributed by atoms with Crippen molar-refractivity contribution in [3.8, 4) is 84.6 Å². The minimum Gasteiger partial charge on any atom is -0.339 e. The second-order valence-electron chi connectivity index (χ2n) is 27.4. The molecule has 0 N–H and O–H groups in total. The Hall–Kier alpha value is -8.74. The minimum absolute atomic E-state index is 0. The summed E-state index contributed by atoms with van der Waals surface area (Å²) in [6.07, 6.45) is 11.8. The zero-order valence-corrected chi connectivity index (χ0v) is 58.2. The fraction of sp³-hybridized carbons (Fsp3) is 0.250. The maximum Gasteiger partial charge on any atom is 3.00 e. The van der Waals surface area contributed by atoms with Crippen molar-refractivity contribution in [2.24, 2.45) is 0 Å². The van der Waals surface area contributed by atoms with Crippen LogP contribution in [0.25, 0.3) is 84.6 Å². The summed E-state index contributed by atoms with van der Waals surface area (Å²) in [7, 11) is 0. The molecule has 12 rings (SSSR count).